The third kappa shape index (κ3) is 60.3. The molecule has 0 heterocycles. The predicted molar refractivity (Wildman–Crippen MR) is 9.70 cm³/mol. The smallest absolute Gasteiger partial charge is 0.784 e. The van der Waals surface area contributed by atoms with Gasteiger partial charge in [0, 0.05) is 0 Å². The molecule has 0 aromatic rings. The van der Waals surface area contributed by atoms with Crippen LogP contribution in [0.15, 0.2) is 0 Å². The van der Waals surface area contributed by atoms with Gasteiger partial charge in [-0.1, -0.05) is 0 Å². The van der Waals surface area contributed by atoms with Crippen LogP contribution < -0.4 is 0 Å². The van der Waals surface area contributed by atoms with Gasteiger partial charge in [-0.25, -0.2) is 0 Å². The largest absolute Gasteiger partial charge is 2.00 e. The summed E-state index contributed by atoms with van der Waals surface area (Å²) < 4.78 is 25.3. The summed E-state index contributed by atoms with van der Waals surface area (Å²) >= 11 is -3.11. The molecule has 0 aliphatic carbocycles. The molecular formula is O3STi. The predicted octanol–water partition coefficient (Wildman–Crippen LogP) is -1.01. The van der Waals surface area contributed by atoms with Crippen molar-refractivity contribution in [2.45, 2.75) is 0 Å². The van der Waals surface area contributed by atoms with Crippen molar-refractivity contribution in [3.05, 3.63) is 0 Å². The Balaban J connectivity index is 0. The van der Waals surface area contributed by atoms with Crippen LogP contribution in [0.3, 0.4) is 0 Å². The van der Waals surface area contributed by atoms with Crippen molar-refractivity contribution in [3.63, 3.8) is 0 Å². The maximum absolute atomic E-state index is 8.44. The van der Waals surface area contributed by atoms with Crippen LogP contribution in [0.1, 0.15) is 0 Å². The average Bonchev–Trinajstić information content (AvgIpc) is 0.811. The topological polar surface area (TPSA) is 63.2 Å². The SMILES string of the molecule is O=S([O-])[O-].[Ti+2]. The fraction of sp³-hybridized carbons (Fsp3) is 0. The number of hydrogen-bond acceptors (Lipinski definition) is 3. The van der Waals surface area contributed by atoms with E-state index in [2.05, 4.69) is 0 Å². The molecule has 0 bridgehead atoms. The Morgan fingerprint density at radius 2 is 1.40 bits per heavy atom. The zero-order valence-corrected chi connectivity index (χ0v) is 4.51. The Kier molecular flexibility index (Phi) is 8.85. The Morgan fingerprint density at radius 3 is 1.40 bits per heavy atom. The monoisotopic (exact) mass is 128 g/mol. The van der Waals surface area contributed by atoms with E-state index in [1.54, 1.807) is 0 Å². The van der Waals surface area contributed by atoms with Crippen molar-refractivity contribution >= 4 is 11.4 Å². The first-order chi connectivity index (χ1) is 1.73. The molecule has 0 aliphatic rings. The maximum atomic E-state index is 8.44. The van der Waals surface area contributed by atoms with Crippen molar-refractivity contribution in [2.24, 2.45) is 0 Å². The van der Waals surface area contributed by atoms with E-state index >= 15 is 0 Å². The molecule has 0 atom stereocenters. The molecule has 28 valence electrons. The Hall–Kier alpha value is 0.784. The molecule has 0 aromatic heterocycles. The second-order valence-corrected chi connectivity index (χ2v) is 0.612. The Morgan fingerprint density at radius 1 is 1.40 bits per heavy atom. The maximum Gasteiger partial charge on any atom is 2.00 e. The van der Waals surface area contributed by atoms with E-state index < -0.39 is 11.4 Å². The first kappa shape index (κ1) is 9.25. The number of rotatable bonds is 0. The van der Waals surface area contributed by atoms with Crippen LogP contribution in [0.25, 0.3) is 0 Å². The van der Waals surface area contributed by atoms with Gasteiger partial charge in [0.15, 0.2) is 0 Å². The first-order valence-electron chi connectivity index (χ1n) is 0.500. The van der Waals surface area contributed by atoms with E-state index in [1.165, 1.54) is 0 Å². The molecule has 3 nitrogen and oxygen atoms in total. The van der Waals surface area contributed by atoms with E-state index in [0.717, 1.165) is 0 Å². The minimum atomic E-state index is -3.11. The van der Waals surface area contributed by atoms with E-state index in [1.807, 2.05) is 0 Å². The van der Waals surface area contributed by atoms with Crippen molar-refractivity contribution in [1.29, 1.82) is 0 Å². The molecule has 0 unspecified atom stereocenters. The van der Waals surface area contributed by atoms with Crippen LogP contribution in [0.4, 0.5) is 0 Å². The molecule has 0 amide bonds. The molecule has 0 aliphatic heterocycles. The van der Waals surface area contributed by atoms with Crippen molar-refractivity contribution < 1.29 is 35.0 Å². The van der Waals surface area contributed by atoms with E-state index in [4.69, 9.17) is 13.3 Å². The molecule has 0 N–H and O–H groups in total. The summed E-state index contributed by atoms with van der Waals surface area (Å²) in [5.74, 6) is 0. The summed E-state index contributed by atoms with van der Waals surface area (Å²) in [7, 11) is 0. The third-order valence-corrected chi connectivity index (χ3v) is 0. The minimum absolute atomic E-state index is 0. The van der Waals surface area contributed by atoms with E-state index in [9.17, 15) is 0 Å². The molecule has 0 saturated heterocycles. The fourth-order valence-electron chi connectivity index (χ4n) is 0. The van der Waals surface area contributed by atoms with Crippen LogP contribution >= 0.6 is 0 Å². The van der Waals surface area contributed by atoms with E-state index in [-0.39, 0.29) is 21.7 Å². The van der Waals surface area contributed by atoms with Gasteiger partial charge < -0.3 is 9.11 Å². The van der Waals surface area contributed by atoms with Gasteiger partial charge in [-0.2, -0.15) is 0 Å². The standard InChI is InChI=1S/H2O3S.Ti/c1-4(2)3;/h(H2,1,2,3);/q;+2/p-2. The molecule has 0 spiro atoms. The van der Waals surface area contributed by atoms with Crippen molar-refractivity contribution in [3.8, 4) is 0 Å². The zero-order chi connectivity index (χ0) is 3.58. The third-order valence-electron chi connectivity index (χ3n) is 0. The summed E-state index contributed by atoms with van der Waals surface area (Å²) in [5.41, 5.74) is 0. The average molecular weight is 128 g/mol. The van der Waals surface area contributed by atoms with Crippen LogP contribution in [-0.2, 0) is 33.1 Å². The summed E-state index contributed by atoms with van der Waals surface area (Å²) in [6.45, 7) is 0. The Bertz CT molecular complexity index is 29.9. The van der Waals surface area contributed by atoms with Gasteiger partial charge in [0.2, 0.25) is 0 Å². The van der Waals surface area contributed by atoms with Gasteiger partial charge in [-0.15, -0.1) is 11.4 Å². The van der Waals surface area contributed by atoms with Gasteiger partial charge >= 0.3 is 21.7 Å². The molecule has 0 saturated carbocycles. The van der Waals surface area contributed by atoms with Gasteiger partial charge in [0.05, 0.1) is 0 Å². The van der Waals surface area contributed by atoms with E-state index in [0.29, 0.717) is 0 Å². The quantitative estimate of drug-likeness (QED) is 0.310. The molecule has 0 aromatic carbocycles. The van der Waals surface area contributed by atoms with Gasteiger partial charge in [0.25, 0.3) is 0 Å². The van der Waals surface area contributed by atoms with Crippen LogP contribution in [0.5, 0.6) is 0 Å². The van der Waals surface area contributed by atoms with Crippen molar-refractivity contribution in [2.75, 3.05) is 0 Å². The van der Waals surface area contributed by atoms with Gasteiger partial charge in [-0.3, -0.25) is 4.21 Å². The molecule has 0 rings (SSSR count). The van der Waals surface area contributed by atoms with Gasteiger partial charge in [0.1, 0.15) is 0 Å². The van der Waals surface area contributed by atoms with Crippen LogP contribution in [0, 0.1) is 0 Å². The molecule has 0 radical (unpaired) electrons. The Labute approximate surface area is 46.8 Å². The normalized spacial score (nSPS) is 7.00. The molecule has 5 heavy (non-hydrogen) atoms. The molecule has 0 fully saturated rings. The van der Waals surface area contributed by atoms with Gasteiger partial charge in [-0.05, 0) is 0 Å². The van der Waals surface area contributed by atoms with Crippen LogP contribution in [-0.4, -0.2) is 13.3 Å². The summed E-state index contributed by atoms with van der Waals surface area (Å²) in [6.07, 6.45) is 0. The summed E-state index contributed by atoms with van der Waals surface area (Å²) in [4.78, 5) is 0. The second kappa shape index (κ2) is 4.78. The molecular weight excluding hydrogens is 128 g/mol. The zero-order valence-electron chi connectivity index (χ0n) is 2.13. The fourth-order valence-corrected chi connectivity index (χ4v) is 0. The minimum Gasteiger partial charge on any atom is -0.784 e. The second-order valence-electron chi connectivity index (χ2n) is 0.204. The number of hydrogen-bond donors (Lipinski definition) is 0. The van der Waals surface area contributed by atoms with Crippen molar-refractivity contribution in [1.82, 2.24) is 0 Å². The summed E-state index contributed by atoms with van der Waals surface area (Å²) in [6, 6.07) is 0. The summed E-state index contributed by atoms with van der Waals surface area (Å²) in [5, 5.41) is 0. The van der Waals surface area contributed by atoms with Crippen LogP contribution in [0.2, 0.25) is 0 Å². The molecule has 5 heteroatoms. The first-order valence-corrected chi connectivity index (χ1v) is 1.50.